The number of hydrogen-bond acceptors (Lipinski definition) is 3. The van der Waals surface area contributed by atoms with Gasteiger partial charge in [-0.15, -0.1) is 0 Å². The van der Waals surface area contributed by atoms with E-state index in [1.165, 1.54) is 11.8 Å². The normalized spacial score (nSPS) is 11.9. The van der Waals surface area contributed by atoms with Gasteiger partial charge in [-0.25, -0.2) is 0 Å². The smallest absolute Gasteiger partial charge is 0.230 e. The van der Waals surface area contributed by atoms with Crippen LogP contribution in [-0.4, -0.2) is 34.0 Å². The van der Waals surface area contributed by atoms with Crippen LogP contribution in [0.15, 0.2) is 18.2 Å². The van der Waals surface area contributed by atoms with Gasteiger partial charge in [-0.05, 0) is 38.5 Å². The monoisotopic (exact) mass is 378 g/mol. The second-order valence-corrected chi connectivity index (χ2v) is 7.13. The van der Waals surface area contributed by atoms with Gasteiger partial charge >= 0.3 is 0 Å². The SMILES string of the molecule is CCN(CC)C(=S)SCC(=O)NC(C)c1ccc(Cl)cc1Cl. The number of benzene rings is 1. The lowest BCUT2D eigenvalue weighted by molar-refractivity contribution is -0.119. The lowest BCUT2D eigenvalue weighted by atomic mass is 10.1. The molecule has 1 atom stereocenters. The zero-order chi connectivity index (χ0) is 16.7. The van der Waals surface area contributed by atoms with Gasteiger partial charge < -0.3 is 10.2 Å². The lowest BCUT2D eigenvalue weighted by Crippen LogP contribution is -2.31. The maximum atomic E-state index is 12.0. The number of amides is 1. The van der Waals surface area contributed by atoms with Crippen molar-refractivity contribution in [3.63, 3.8) is 0 Å². The average Bonchev–Trinajstić information content (AvgIpc) is 2.46. The molecule has 0 aromatic heterocycles. The van der Waals surface area contributed by atoms with E-state index in [4.69, 9.17) is 35.4 Å². The minimum absolute atomic E-state index is 0.0713. The first-order valence-electron chi connectivity index (χ1n) is 7.05. The Kier molecular flexibility index (Phi) is 8.54. The third-order valence-electron chi connectivity index (χ3n) is 3.15. The second-order valence-electron chi connectivity index (χ2n) is 4.68. The van der Waals surface area contributed by atoms with Crippen LogP contribution in [0.1, 0.15) is 32.4 Å². The Morgan fingerprint density at radius 3 is 2.55 bits per heavy atom. The molecule has 7 heteroatoms. The van der Waals surface area contributed by atoms with Gasteiger partial charge in [0.1, 0.15) is 4.32 Å². The van der Waals surface area contributed by atoms with Crippen LogP contribution in [0.2, 0.25) is 10.0 Å². The summed E-state index contributed by atoms with van der Waals surface area (Å²) in [6.45, 7) is 7.67. The number of hydrogen-bond donors (Lipinski definition) is 1. The zero-order valence-electron chi connectivity index (χ0n) is 12.9. The van der Waals surface area contributed by atoms with Crippen LogP contribution in [0.25, 0.3) is 0 Å². The van der Waals surface area contributed by atoms with E-state index in [9.17, 15) is 4.79 Å². The number of carbonyl (C=O) groups is 1. The molecule has 0 spiro atoms. The fraction of sp³-hybridized carbons (Fsp3) is 0.467. The van der Waals surface area contributed by atoms with Crippen molar-refractivity contribution in [1.29, 1.82) is 0 Å². The fourth-order valence-electron chi connectivity index (χ4n) is 1.91. The Hall–Kier alpha value is -0.490. The topological polar surface area (TPSA) is 32.3 Å². The first-order chi connectivity index (χ1) is 10.4. The summed E-state index contributed by atoms with van der Waals surface area (Å²) in [5.41, 5.74) is 0.843. The number of thiocarbonyl (C=S) groups is 1. The molecule has 0 aliphatic heterocycles. The molecule has 3 nitrogen and oxygen atoms in total. The van der Waals surface area contributed by atoms with Gasteiger partial charge in [-0.2, -0.15) is 0 Å². The fourth-order valence-corrected chi connectivity index (χ4v) is 3.70. The van der Waals surface area contributed by atoms with E-state index in [2.05, 4.69) is 5.32 Å². The number of nitrogens with one attached hydrogen (secondary N) is 1. The second kappa shape index (κ2) is 9.60. The molecular weight excluding hydrogens is 359 g/mol. The van der Waals surface area contributed by atoms with E-state index in [1.807, 2.05) is 31.7 Å². The van der Waals surface area contributed by atoms with Crippen molar-refractivity contribution >= 4 is 57.4 Å². The molecule has 1 amide bonds. The van der Waals surface area contributed by atoms with Crippen molar-refractivity contribution in [1.82, 2.24) is 10.2 Å². The summed E-state index contributed by atoms with van der Waals surface area (Å²) in [7, 11) is 0. The molecule has 0 bridgehead atoms. The molecule has 0 aliphatic rings. The number of carbonyl (C=O) groups excluding carboxylic acids is 1. The number of thioether (sulfide) groups is 1. The summed E-state index contributed by atoms with van der Waals surface area (Å²) >= 11 is 18.7. The third-order valence-corrected chi connectivity index (χ3v) is 5.24. The molecule has 0 fully saturated rings. The van der Waals surface area contributed by atoms with Crippen LogP contribution in [-0.2, 0) is 4.79 Å². The Bertz CT molecular complexity index is 536. The first-order valence-corrected chi connectivity index (χ1v) is 9.20. The summed E-state index contributed by atoms with van der Waals surface area (Å²) in [5.74, 6) is 0.225. The summed E-state index contributed by atoms with van der Waals surface area (Å²) in [5, 5.41) is 4.05. The van der Waals surface area contributed by atoms with E-state index in [0.717, 1.165) is 23.0 Å². The maximum absolute atomic E-state index is 12.0. The molecule has 0 aliphatic carbocycles. The maximum Gasteiger partial charge on any atom is 0.230 e. The molecule has 1 N–H and O–H groups in total. The van der Waals surface area contributed by atoms with Gasteiger partial charge in [0, 0.05) is 23.1 Å². The van der Waals surface area contributed by atoms with Crippen LogP contribution in [0, 0.1) is 0 Å². The molecule has 1 rings (SSSR count). The van der Waals surface area contributed by atoms with Gasteiger partial charge in [0.25, 0.3) is 0 Å². The molecule has 1 aromatic rings. The Morgan fingerprint density at radius 1 is 1.36 bits per heavy atom. The number of nitrogens with zero attached hydrogens (tertiary/aromatic N) is 1. The van der Waals surface area contributed by atoms with Crippen molar-refractivity contribution in [2.75, 3.05) is 18.8 Å². The van der Waals surface area contributed by atoms with Crippen LogP contribution in [0.5, 0.6) is 0 Å². The molecule has 0 saturated heterocycles. The average molecular weight is 379 g/mol. The highest BCUT2D eigenvalue weighted by atomic mass is 35.5. The first kappa shape index (κ1) is 19.6. The molecule has 0 radical (unpaired) electrons. The summed E-state index contributed by atoms with van der Waals surface area (Å²) in [4.78, 5) is 14.1. The predicted octanol–water partition coefficient (Wildman–Crippen LogP) is 4.53. The minimum Gasteiger partial charge on any atom is -0.358 e. The van der Waals surface area contributed by atoms with Gasteiger partial charge in [0.15, 0.2) is 0 Å². The summed E-state index contributed by atoms with van der Waals surface area (Å²) in [6, 6.07) is 5.07. The quantitative estimate of drug-likeness (QED) is 0.736. The van der Waals surface area contributed by atoms with Gasteiger partial charge in [-0.1, -0.05) is 53.2 Å². The van der Waals surface area contributed by atoms with Crippen LogP contribution < -0.4 is 5.32 Å². The Labute approximate surface area is 151 Å². The lowest BCUT2D eigenvalue weighted by Gasteiger charge is -2.21. The van der Waals surface area contributed by atoms with Crippen LogP contribution in [0.3, 0.4) is 0 Å². The molecule has 0 saturated carbocycles. The van der Waals surface area contributed by atoms with Crippen molar-refractivity contribution in [2.24, 2.45) is 0 Å². The van der Waals surface area contributed by atoms with Crippen molar-refractivity contribution in [3.8, 4) is 0 Å². The van der Waals surface area contributed by atoms with Crippen molar-refractivity contribution < 1.29 is 4.79 Å². The van der Waals surface area contributed by atoms with Gasteiger partial charge in [-0.3, -0.25) is 4.79 Å². The largest absolute Gasteiger partial charge is 0.358 e. The van der Waals surface area contributed by atoms with E-state index < -0.39 is 0 Å². The standard InChI is InChI=1S/C15H20Cl2N2OS2/c1-4-19(5-2)15(21)22-9-14(20)18-10(3)12-7-6-11(16)8-13(12)17/h6-8,10H,4-5,9H2,1-3H3,(H,18,20). The molecule has 0 heterocycles. The zero-order valence-corrected chi connectivity index (χ0v) is 16.0. The van der Waals surface area contributed by atoms with Crippen LogP contribution >= 0.6 is 47.2 Å². The minimum atomic E-state index is -0.181. The highest BCUT2D eigenvalue weighted by molar-refractivity contribution is 8.23. The highest BCUT2D eigenvalue weighted by Crippen LogP contribution is 2.26. The van der Waals surface area contributed by atoms with Gasteiger partial charge in [0.2, 0.25) is 5.91 Å². The van der Waals surface area contributed by atoms with E-state index in [-0.39, 0.29) is 11.9 Å². The molecule has 22 heavy (non-hydrogen) atoms. The van der Waals surface area contributed by atoms with E-state index >= 15 is 0 Å². The highest BCUT2D eigenvalue weighted by Gasteiger charge is 2.14. The Balaban J connectivity index is 2.52. The van der Waals surface area contributed by atoms with Crippen molar-refractivity contribution in [2.45, 2.75) is 26.8 Å². The third kappa shape index (κ3) is 5.95. The van der Waals surface area contributed by atoms with Gasteiger partial charge in [0.05, 0.1) is 11.8 Å². The van der Waals surface area contributed by atoms with E-state index in [0.29, 0.717) is 15.8 Å². The predicted molar refractivity (Wildman–Crippen MR) is 101 cm³/mol. The summed E-state index contributed by atoms with van der Waals surface area (Å²) in [6.07, 6.45) is 0. The summed E-state index contributed by atoms with van der Waals surface area (Å²) < 4.78 is 0.748. The molecule has 1 unspecified atom stereocenters. The number of rotatable bonds is 6. The molecule has 122 valence electrons. The Morgan fingerprint density at radius 2 is 2.00 bits per heavy atom. The van der Waals surface area contributed by atoms with Crippen LogP contribution in [0.4, 0.5) is 0 Å². The number of halogens is 2. The molecule has 1 aromatic carbocycles. The van der Waals surface area contributed by atoms with Crippen molar-refractivity contribution in [3.05, 3.63) is 33.8 Å². The molecular formula is C15H20Cl2N2OS2. The van der Waals surface area contributed by atoms with E-state index in [1.54, 1.807) is 12.1 Å².